The minimum atomic E-state index is -0.469. The van der Waals surface area contributed by atoms with Crippen molar-refractivity contribution in [3.63, 3.8) is 0 Å². The van der Waals surface area contributed by atoms with Gasteiger partial charge in [-0.2, -0.15) is 0 Å². The van der Waals surface area contributed by atoms with Crippen LogP contribution in [0.15, 0.2) is 25.2 Å². The predicted molar refractivity (Wildman–Crippen MR) is 116 cm³/mol. The molecule has 0 saturated heterocycles. The van der Waals surface area contributed by atoms with Crippen LogP contribution in [-0.4, -0.2) is 35.9 Å². The summed E-state index contributed by atoms with van der Waals surface area (Å²) in [7, 11) is 3.02. The van der Waals surface area contributed by atoms with E-state index in [-0.39, 0.29) is 23.0 Å². The number of aryl methyl sites for hydroxylation is 2. The van der Waals surface area contributed by atoms with Gasteiger partial charge in [0.15, 0.2) is 11.5 Å². The van der Waals surface area contributed by atoms with Crippen LogP contribution in [0, 0.1) is 6.92 Å². The molecule has 1 aliphatic rings. The van der Waals surface area contributed by atoms with Crippen LogP contribution in [0.4, 0.5) is 5.82 Å². The molecule has 1 amide bonds. The number of rotatable bonds is 5. The zero-order valence-corrected chi connectivity index (χ0v) is 18.5. The fourth-order valence-corrected chi connectivity index (χ4v) is 4.65. The molecule has 0 spiro atoms. The van der Waals surface area contributed by atoms with Gasteiger partial charge in [-0.3, -0.25) is 18.7 Å². The zero-order valence-electron chi connectivity index (χ0n) is 17.7. The molecule has 31 heavy (non-hydrogen) atoms. The van der Waals surface area contributed by atoms with Crippen molar-refractivity contribution in [1.82, 2.24) is 24.3 Å². The number of amides is 1. The maximum absolute atomic E-state index is 12.9. The molecule has 11 heteroatoms. The van der Waals surface area contributed by atoms with Crippen LogP contribution in [-0.2, 0) is 18.9 Å². The van der Waals surface area contributed by atoms with Crippen molar-refractivity contribution in [3.8, 4) is 0 Å². The Kier molecular flexibility index (Phi) is 5.94. The Labute approximate surface area is 182 Å². The number of fused-ring (bicyclic) bond motifs is 1. The molecule has 3 heterocycles. The Morgan fingerprint density at radius 2 is 1.94 bits per heavy atom. The average molecular weight is 445 g/mol. The summed E-state index contributed by atoms with van der Waals surface area (Å²) in [6.07, 6.45) is 5.33. The van der Waals surface area contributed by atoms with Crippen molar-refractivity contribution in [2.45, 2.75) is 50.0 Å². The van der Waals surface area contributed by atoms with E-state index in [1.54, 1.807) is 20.0 Å². The number of hydrogen-bond acceptors (Lipinski definition) is 8. The number of anilines is 1. The molecule has 1 fully saturated rings. The summed E-state index contributed by atoms with van der Waals surface area (Å²) in [5.74, 6) is 1.46. The van der Waals surface area contributed by atoms with Crippen molar-refractivity contribution < 1.29 is 9.32 Å². The van der Waals surface area contributed by atoms with Gasteiger partial charge in [-0.05, 0) is 19.8 Å². The molecule has 1 aliphatic carbocycles. The van der Waals surface area contributed by atoms with E-state index < -0.39 is 11.2 Å². The van der Waals surface area contributed by atoms with E-state index in [2.05, 4.69) is 20.4 Å². The highest BCUT2D eigenvalue weighted by molar-refractivity contribution is 8.00. The molecule has 164 valence electrons. The van der Waals surface area contributed by atoms with Gasteiger partial charge in [0.1, 0.15) is 22.0 Å². The van der Waals surface area contributed by atoms with Gasteiger partial charge in [0.05, 0.1) is 5.75 Å². The Morgan fingerprint density at radius 1 is 1.19 bits per heavy atom. The molecule has 4 rings (SSSR count). The van der Waals surface area contributed by atoms with Crippen molar-refractivity contribution in [3.05, 3.63) is 38.5 Å². The van der Waals surface area contributed by atoms with Crippen LogP contribution in [0.1, 0.15) is 49.6 Å². The second kappa shape index (κ2) is 8.66. The number of carbonyl (C=O) groups excluding carboxylic acids is 1. The first-order chi connectivity index (χ1) is 14.8. The van der Waals surface area contributed by atoms with E-state index in [4.69, 9.17) is 4.52 Å². The largest absolute Gasteiger partial charge is 0.360 e. The second-order valence-corrected chi connectivity index (χ2v) is 8.75. The molecule has 1 saturated carbocycles. The van der Waals surface area contributed by atoms with Crippen LogP contribution < -0.4 is 16.6 Å². The highest BCUT2D eigenvalue weighted by Gasteiger charge is 2.23. The molecule has 0 atom stereocenters. The second-order valence-electron chi connectivity index (χ2n) is 7.79. The van der Waals surface area contributed by atoms with E-state index in [1.807, 2.05) is 0 Å². The lowest BCUT2D eigenvalue weighted by molar-refractivity contribution is -0.113. The number of nitrogens with one attached hydrogen (secondary N) is 1. The fourth-order valence-electron chi connectivity index (χ4n) is 3.83. The van der Waals surface area contributed by atoms with Crippen LogP contribution in [0.3, 0.4) is 0 Å². The summed E-state index contributed by atoms with van der Waals surface area (Å²) < 4.78 is 7.36. The van der Waals surface area contributed by atoms with E-state index in [9.17, 15) is 14.4 Å². The summed E-state index contributed by atoms with van der Waals surface area (Å²) in [4.78, 5) is 47.0. The summed E-state index contributed by atoms with van der Waals surface area (Å²) in [6, 6.07) is 1.62. The molecule has 0 unspecified atom stereocenters. The number of nitrogens with zero attached hydrogens (tertiary/aromatic N) is 5. The van der Waals surface area contributed by atoms with Crippen LogP contribution >= 0.6 is 11.8 Å². The maximum Gasteiger partial charge on any atom is 0.332 e. The molecular formula is C20H24N6O4S. The molecule has 1 N–H and O–H groups in total. The molecule has 3 aromatic heterocycles. The lowest BCUT2D eigenvalue weighted by Gasteiger charge is -2.21. The minimum absolute atomic E-state index is 0.0219. The van der Waals surface area contributed by atoms with Crippen LogP contribution in [0.25, 0.3) is 11.0 Å². The van der Waals surface area contributed by atoms with Crippen molar-refractivity contribution in [1.29, 1.82) is 0 Å². The van der Waals surface area contributed by atoms with E-state index in [0.29, 0.717) is 28.1 Å². The number of carbonyl (C=O) groups is 1. The smallest absolute Gasteiger partial charge is 0.332 e. The molecule has 0 aromatic carbocycles. The van der Waals surface area contributed by atoms with Crippen molar-refractivity contribution >= 4 is 34.5 Å². The van der Waals surface area contributed by atoms with Crippen LogP contribution in [0.5, 0.6) is 0 Å². The predicted octanol–water partition coefficient (Wildman–Crippen LogP) is 2.10. The third-order valence-corrected chi connectivity index (χ3v) is 6.47. The summed E-state index contributed by atoms with van der Waals surface area (Å²) in [5, 5.41) is 7.07. The Hall–Kier alpha value is -2.95. The number of thioether (sulfide) groups is 1. The summed E-state index contributed by atoms with van der Waals surface area (Å²) in [6.45, 7) is 1.73. The normalized spacial score (nSPS) is 14.8. The fraction of sp³-hybridized carbons (Fsp3) is 0.500. The molecule has 10 nitrogen and oxygen atoms in total. The van der Waals surface area contributed by atoms with Gasteiger partial charge in [0, 0.05) is 26.1 Å². The SMILES string of the molecule is Cc1cc(NC(=O)CSc2nc(C3CCCCC3)nc3c2c(=O)n(C)c(=O)n3C)no1. The van der Waals surface area contributed by atoms with Gasteiger partial charge in [0.2, 0.25) is 5.91 Å². The summed E-state index contributed by atoms with van der Waals surface area (Å²) >= 11 is 1.15. The van der Waals surface area contributed by atoms with Gasteiger partial charge in [-0.25, -0.2) is 14.8 Å². The minimum Gasteiger partial charge on any atom is -0.360 e. The average Bonchev–Trinajstić information content (AvgIpc) is 3.19. The maximum atomic E-state index is 12.9. The Morgan fingerprint density at radius 3 is 2.61 bits per heavy atom. The third kappa shape index (κ3) is 4.27. The first-order valence-electron chi connectivity index (χ1n) is 10.2. The lowest BCUT2D eigenvalue weighted by atomic mass is 9.89. The number of hydrogen-bond donors (Lipinski definition) is 1. The van der Waals surface area contributed by atoms with E-state index >= 15 is 0 Å². The van der Waals surface area contributed by atoms with Gasteiger partial charge in [0.25, 0.3) is 5.56 Å². The Bertz CT molecular complexity index is 1260. The molecule has 0 aliphatic heterocycles. The van der Waals surface area contributed by atoms with Gasteiger partial charge in [-0.1, -0.05) is 36.2 Å². The standard InChI is InChI=1S/C20H24N6O4S/c1-11-9-13(24-30-11)21-14(27)10-31-18-15-17(25(2)20(29)26(3)19(15)28)22-16(23-18)12-7-5-4-6-8-12/h9,12H,4-8,10H2,1-3H3,(H,21,24,27). The lowest BCUT2D eigenvalue weighted by Crippen LogP contribution is -2.38. The molecular weight excluding hydrogens is 420 g/mol. The quantitative estimate of drug-likeness (QED) is 0.468. The van der Waals surface area contributed by atoms with Crippen LogP contribution in [0.2, 0.25) is 0 Å². The molecule has 0 bridgehead atoms. The monoisotopic (exact) mass is 444 g/mol. The van der Waals surface area contributed by atoms with Gasteiger partial charge < -0.3 is 9.84 Å². The first-order valence-corrected chi connectivity index (χ1v) is 11.2. The van der Waals surface area contributed by atoms with E-state index in [1.165, 1.54) is 18.0 Å². The van der Waals surface area contributed by atoms with E-state index in [0.717, 1.165) is 42.0 Å². The van der Waals surface area contributed by atoms with Crippen molar-refractivity contribution in [2.24, 2.45) is 14.1 Å². The van der Waals surface area contributed by atoms with Crippen molar-refractivity contribution in [2.75, 3.05) is 11.1 Å². The zero-order chi connectivity index (χ0) is 22.1. The summed E-state index contributed by atoms with van der Waals surface area (Å²) in [5.41, 5.74) is -0.608. The number of aromatic nitrogens is 5. The highest BCUT2D eigenvalue weighted by atomic mass is 32.2. The Balaban J connectivity index is 1.71. The highest BCUT2D eigenvalue weighted by Crippen LogP contribution is 2.33. The third-order valence-electron chi connectivity index (χ3n) is 5.49. The molecule has 0 radical (unpaired) electrons. The first kappa shape index (κ1) is 21.3. The van der Waals surface area contributed by atoms with Gasteiger partial charge >= 0.3 is 5.69 Å². The molecule has 3 aromatic rings. The van der Waals surface area contributed by atoms with Gasteiger partial charge in [-0.15, -0.1) is 0 Å². The topological polar surface area (TPSA) is 125 Å².